The third kappa shape index (κ3) is 2.64. The summed E-state index contributed by atoms with van der Waals surface area (Å²) in [6.45, 7) is 2.57. The lowest BCUT2D eigenvalue weighted by molar-refractivity contribution is -0.126. The van der Waals surface area contributed by atoms with Crippen LogP contribution < -0.4 is 10.1 Å². The SMILES string of the molecule is Cc1nc(CNC(=O)[C@H]2COc3ccccc3C2)n[nH]1. The molecule has 2 aromatic rings. The molecule has 0 aliphatic carbocycles. The highest BCUT2D eigenvalue weighted by atomic mass is 16.5. The van der Waals surface area contributed by atoms with Crippen molar-refractivity contribution < 1.29 is 9.53 Å². The van der Waals surface area contributed by atoms with Gasteiger partial charge in [-0.3, -0.25) is 9.89 Å². The van der Waals surface area contributed by atoms with Crippen molar-refractivity contribution in [3.05, 3.63) is 41.5 Å². The Labute approximate surface area is 116 Å². The summed E-state index contributed by atoms with van der Waals surface area (Å²) < 4.78 is 5.62. The molecule has 0 saturated heterocycles. The van der Waals surface area contributed by atoms with E-state index in [1.54, 1.807) is 0 Å². The van der Waals surface area contributed by atoms with Crippen molar-refractivity contribution in [2.24, 2.45) is 5.92 Å². The Morgan fingerprint density at radius 1 is 1.50 bits per heavy atom. The summed E-state index contributed by atoms with van der Waals surface area (Å²) in [7, 11) is 0. The Hall–Kier alpha value is -2.37. The van der Waals surface area contributed by atoms with Crippen molar-refractivity contribution in [2.45, 2.75) is 19.9 Å². The minimum absolute atomic E-state index is 0.0260. The van der Waals surface area contributed by atoms with Gasteiger partial charge in [-0.2, -0.15) is 5.10 Å². The van der Waals surface area contributed by atoms with Gasteiger partial charge in [-0.25, -0.2) is 4.98 Å². The fourth-order valence-electron chi connectivity index (χ4n) is 2.27. The Morgan fingerprint density at radius 3 is 3.15 bits per heavy atom. The normalized spacial score (nSPS) is 17.1. The number of fused-ring (bicyclic) bond motifs is 1. The monoisotopic (exact) mass is 272 g/mol. The molecule has 0 fully saturated rings. The summed E-state index contributed by atoms with van der Waals surface area (Å²) in [5.74, 6) is 2.02. The van der Waals surface area contributed by atoms with Crippen LogP contribution >= 0.6 is 0 Å². The van der Waals surface area contributed by atoms with E-state index in [-0.39, 0.29) is 11.8 Å². The molecular weight excluding hydrogens is 256 g/mol. The number of hydrogen-bond acceptors (Lipinski definition) is 4. The number of H-pyrrole nitrogens is 1. The van der Waals surface area contributed by atoms with Gasteiger partial charge in [0.1, 0.15) is 18.2 Å². The van der Waals surface area contributed by atoms with Crippen LogP contribution in [0.15, 0.2) is 24.3 Å². The zero-order valence-electron chi connectivity index (χ0n) is 11.2. The van der Waals surface area contributed by atoms with Gasteiger partial charge in [0.15, 0.2) is 5.82 Å². The Bertz CT molecular complexity index is 623. The first-order valence-electron chi connectivity index (χ1n) is 6.58. The molecule has 1 amide bonds. The number of ether oxygens (including phenoxy) is 1. The lowest BCUT2D eigenvalue weighted by Crippen LogP contribution is -2.37. The maximum absolute atomic E-state index is 12.1. The van der Waals surface area contributed by atoms with E-state index in [9.17, 15) is 4.79 Å². The van der Waals surface area contributed by atoms with Gasteiger partial charge in [0, 0.05) is 0 Å². The largest absolute Gasteiger partial charge is 0.492 e. The van der Waals surface area contributed by atoms with E-state index in [2.05, 4.69) is 20.5 Å². The van der Waals surface area contributed by atoms with Gasteiger partial charge in [0.25, 0.3) is 0 Å². The number of nitrogens with one attached hydrogen (secondary N) is 2. The van der Waals surface area contributed by atoms with Crippen LogP contribution in [0.5, 0.6) is 5.75 Å². The van der Waals surface area contributed by atoms with Gasteiger partial charge in [-0.1, -0.05) is 18.2 Å². The van der Waals surface area contributed by atoms with Crippen LogP contribution in [0.2, 0.25) is 0 Å². The molecule has 3 rings (SSSR count). The number of aromatic amines is 1. The molecule has 20 heavy (non-hydrogen) atoms. The van der Waals surface area contributed by atoms with Crippen LogP contribution in [0, 0.1) is 12.8 Å². The molecule has 1 aliphatic heterocycles. The number of para-hydroxylation sites is 1. The average Bonchev–Trinajstić information content (AvgIpc) is 2.90. The molecule has 2 heterocycles. The number of aromatic nitrogens is 3. The van der Waals surface area contributed by atoms with Crippen molar-refractivity contribution in [2.75, 3.05) is 6.61 Å². The lowest BCUT2D eigenvalue weighted by Gasteiger charge is -2.24. The van der Waals surface area contributed by atoms with Gasteiger partial charge >= 0.3 is 0 Å². The fourth-order valence-corrected chi connectivity index (χ4v) is 2.27. The van der Waals surface area contributed by atoms with Crippen molar-refractivity contribution >= 4 is 5.91 Å². The van der Waals surface area contributed by atoms with Crippen molar-refractivity contribution in [3.63, 3.8) is 0 Å². The predicted molar refractivity (Wildman–Crippen MR) is 72.1 cm³/mol. The number of benzene rings is 1. The third-order valence-corrected chi connectivity index (χ3v) is 3.31. The quantitative estimate of drug-likeness (QED) is 0.873. The number of aryl methyl sites for hydroxylation is 1. The number of amides is 1. The van der Waals surface area contributed by atoms with Crippen molar-refractivity contribution in [1.29, 1.82) is 0 Å². The Balaban J connectivity index is 1.59. The van der Waals surface area contributed by atoms with Crippen LogP contribution in [0.4, 0.5) is 0 Å². The fraction of sp³-hybridized carbons (Fsp3) is 0.357. The highest BCUT2D eigenvalue weighted by Gasteiger charge is 2.25. The molecule has 6 nitrogen and oxygen atoms in total. The number of carbonyl (C=O) groups excluding carboxylic acids is 1. The summed E-state index contributed by atoms with van der Waals surface area (Å²) in [5.41, 5.74) is 1.08. The zero-order valence-corrected chi connectivity index (χ0v) is 11.2. The van der Waals surface area contributed by atoms with Gasteiger partial charge in [0.05, 0.1) is 12.5 Å². The first kappa shape index (κ1) is 12.7. The topological polar surface area (TPSA) is 79.9 Å². The van der Waals surface area contributed by atoms with Crippen LogP contribution in [0.3, 0.4) is 0 Å². The minimum Gasteiger partial charge on any atom is -0.492 e. The predicted octanol–water partition coefficient (Wildman–Crippen LogP) is 0.981. The van der Waals surface area contributed by atoms with E-state index in [0.717, 1.165) is 17.1 Å². The maximum atomic E-state index is 12.1. The second-order valence-corrected chi connectivity index (χ2v) is 4.87. The van der Waals surface area contributed by atoms with E-state index in [1.807, 2.05) is 31.2 Å². The van der Waals surface area contributed by atoms with E-state index in [1.165, 1.54) is 0 Å². The first-order valence-corrected chi connectivity index (χ1v) is 6.58. The number of nitrogens with zero attached hydrogens (tertiary/aromatic N) is 2. The van der Waals surface area contributed by atoms with Gasteiger partial charge in [-0.05, 0) is 25.0 Å². The highest BCUT2D eigenvalue weighted by molar-refractivity contribution is 5.79. The smallest absolute Gasteiger partial charge is 0.227 e. The van der Waals surface area contributed by atoms with Gasteiger partial charge in [0.2, 0.25) is 5.91 Å². The molecule has 2 N–H and O–H groups in total. The van der Waals surface area contributed by atoms with Crippen molar-refractivity contribution in [3.8, 4) is 5.75 Å². The summed E-state index contributed by atoms with van der Waals surface area (Å²) in [5, 5.41) is 9.58. The summed E-state index contributed by atoms with van der Waals surface area (Å²) in [6, 6.07) is 7.82. The number of rotatable bonds is 3. The zero-order chi connectivity index (χ0) is 13.9. The molecular formula is C14H16N4O2. The molecule has 1 aromatic carbocycles. The molecule has 1 aromatic heterocycles. The third-order valence-electron chi connectivity index (χ3n) is 3.31. The molecule has 104 valence electrons. The number of hydrogen-bond donors (Lipinski definition) is 2. The van der Waals surface area contributed by atoms with Crippen molar-refractivity contribution in [1.82, 2.24) is 20.5 Å². The van der Waals surface area contributed by atoms with Crippen LogP contribution in [0.25, 0.3) is 0 Å². The summed E-state index contributed by atoms with van der Waals surface area (Å²) in [6.07, 6.45) is 0.703. The highest BCUT2D eigenvalue weighted by Crippen LogP contribution is 2.26. The second kappa shape index (κ2) is 5.32. The summed E-state index contributed by atoms with van der Waals surface area (Å²) >= 11 is 0. The molecule has 0 spiro atoms. The van der Waals surface area contributed by atoms with Gasteiger partial charge < -0.3 is 10.1 Å². The molecule has 0 bridgehead atoms. The Kier molecular flexibility index (Phi) is 3.37. The van der Waals surface area contributed by atoms with Crippen LogP contribution in [-0.4, -0.2) is 27.7 Å². The van der Waals surface area contributed by atoms with Gasteiger partial charge in [-0.15, -0.1) is 0 Å². The van der Waals surface area contributed by atoms with E-state index in [4.69, 9.17) is 4.74 Å². The lowest BCUT2D eigenvalue weighted by atomic mass is 9.96. The van der Waals surface area contributed by atoms with E-state index >= 15 is 0 Å². The first-order chi connectivity index (χ1) is 9.72. The second-order valence-electron chi connectivity index (χ2n) is 4.87. The molecule has 6 heteroatoms. The van der Waals surface area contributed by atoms with Crippen LogP contribution in [-0.2, 0) is 17.8 Å². The van der Waals surface area contributed by atoms with Crippen LogP contribution in [0.1, 0.15) is 17.2 Å². The summed E-state index contributed by atoms with van der Waals surface area (Å²) in [4.78, 5) is 16.3. The molecule has 1 aliphatic rings. The minimum atomic E-state index is -0.162. The standard InChI is InChI=1S/C14H16N4O2/c1-9-16-13(18-17-9)7-15-14(19)11-6-10-4-2-3-5-12(10)20-8-11/h2-5,11H,6-8H2,1H3,(H,15,19)(H,16,17,18)/t11-/m1/s1. The molecule has 0 saturated carbocycles. The number of carbonyl (C=O) groups is 1. The maximum Gasteiger partial charge on any atom is 0.227 e. The molecule has 1 atom stereocenters. The Morgan fingerprint density at radius 2 is 2.35 bits per heavy atom. The van der Waals surface area contributed by atoms with E-state index in [0.29, 0.717) is 25.4 Å². The van der Waals surface area contributed by atoms with E-state index < -0.39 is 0 Å². The molecule has 0 unspecified atom stereocenters. The molecule has 0 radical (unpaired) electrons. The average molecular weight is 272 g/mol.